The van der Waals surface area contributed by atoms with Gasteiger partial charge >= 0.3 is 6.09 Å². The molecule has 3 aromatic rings. The number of hydrogen-bond acceptors (Lipinski definition) is 3. The first-order valence-corrected chi connectivity index (χ1v) is 9.49. The van der Waals surface area contributed by atoms with Gasteiger partial charge in [0.05, 0.1) is 12.1 Å². The fourth-order valence-electron chi connectivity index (χ4n) is 3.84. The van der Waals surface area contributed by atoms with Crippen molar-refractivity contribution >= 4 is 6.09 Å². The Kier molecular flexibility index (Phi) is 5.13. The van der Waals surface area contributed by atoms with E-state index in [0.717, 1.165) is 5.56 Å². The number of aliphatic hydroxyl groups is 1. The molecule has 2 N–H and O–H groups in total. The predicted molar refractivity (Wildman–Crippen MR) is 109 cm³/mol. The molecule has 0 saturated carbocycles. The Balaban J connectivity index is 1.41. The van der Waals surface area contributed by atoms with Crippen molar-refractivity contribution in [3.8, 4) is 11.1 Å². The minimum Gasteiger partial charge on any atom is -0.449 e. The van der Waals surface area contributed by atoms with Gasteiger partial charge < -0.3 is 15.2 Å². The van der Waals surface area contributed by atoms with Crippen LogP contribution in [-0.4, -0.2) is 23.8 Å². The number of aliphatic hydroxyl groups excluding tert-OH is 1. The lowest BCUT2D eigenvalue weighted by molar-refractivity contribution is 0.108. The first-order valence-electron chi connectivity index (χ1n) is 9.49. The van der Waals surface area contributed by atoms with E-state index in [1.54, 1.807) is 6.92 Å². The summed E-state index contributed by atoms with van der Waals surface area (Å²) in [7, 11) is 0. The fraction of sp³-hybridized carbons (Fsp3) is 0.208. The minimum absolute atomic E-state index is 0.0208. The Morgan fingerprint density at radius 2 is 1.46 bits per heavy atom. The van der Waals surface area contributed by atoms with E-state index in [1.807, 2.05) is 54.6 Å². The molecule has 2 atom stereocenters. The summed E-state index contributed by atoms with van der Waals surface area (Å²) in [6, 6.07) is 25.3. The highest BCUT2D eigenvalue weighted by Gasteiger charge is 2.29. The molecule has 4 nitrogen and oxygen atoms in total. The van der Waals surface area contributed by atoms with E-state index in [2.05, 4.69) is 29.6 Å². The van der Waals surface area contributed by atoms with Crippen molar-refractivity contribution in [1.29, 1.82) is 0 Å². The first-order chi connectivity index (χ1) is 13.6. The van der Waals surface area contributed by atoms with Gasteiger partial charge in [-0.05, 0) is 34.7 Å². The standard InChI is InChI=1S/C24H23NO3/c1-16(23(26)17-9-3-2-4-10-17)25-24(27)28-15-22-20-13-7-5-11-18(20)19-12-6-8-14-21(19)22/h2-14,16,22-23,26H,15H2,1H3,(H,25,27)/t16-,23-/m0/s1. The van der Waals surface area contributed by atoms with Crippen LogP contribution in [0.1, 0.15) is 35.6 Å². The maximum absolute atomic E-state index is 12.3. The number of nitrogens with one attached hydrogen (secondary N) is 1. The predicted octanol–water partition coefficient (Wildman–Crippen LogP) is 4.65. The quantitative estimate of drug-likeness (QED) is 0.685. The molecule has 0 aromatic heterocycles. The van der Waals surface area contributed by atoms with Gasteiger partial charge in [0.2, 0.25) is 0 Å². The third kappa shape index (κ3) is 3.51. The molecule has 4 rings (SSSR count). The molecule has 142 valence electrons. The average molecular weight is 373 g/mol. The molecule has 0 unspecified atom stereocenters. The second-order valence-corrected chi connectivity index (χ2v) is 7.11. The summed E-state index contributed by atoms with van der Waals surface area (Å²) in [5, 5.41) is 13.1. The number of hydrogen-bond donors (Lipinski definition) is 2. The van der Waals surface area contributed by atoms with Gasteiger partial charge in [-0.3, -0.25) is 0 Å². The number of alkyl carbamates (subject to hydrolysis) is 1. The molecule has 0 heterocycles. The topological polar surface area (TPSA) is 58.6 Å². The van der Waals surface area contributed by atoms with Crippen LogP contribution >= 0.6 is 0 Å². The van der Waals surface area contributed by atoms with Gasteiger partial charge in [-0.1, -0.05) is 78.9 Å². The summed E-state index contributed by atoms with van der Waals surface area (Å²) < 4.78 is 5.54. The smallest absolute Gasteiger partial charge is 0.407 e. The maximum atomic E-state index is 12.3. The number of rotatable bonds is 5. The molecule has 3 aromatic carbocycles. The van der Waals surface area contributed by atoms with E-state index < -0.39 is 18.2 Å². The summed E-state index contributed by atoms with van der Waals surface area (Å²) in [4.78, 5) is 12.3. The molecule has 28 heavy (non-hydrogen) atoms. The molecule has 0 saturated heterocycles. The van der Waals surface area contributed by atoms with Crippen molar-refractivity contribution in [2.75, 3.05) is 6.61 Å². The van der Waals surface area contributed by atoms with Crippen LogP contribution in [0.25, 0.3) is 11.1 Å². The summed E-state index contributed by atoms with van der Waals surface area (Å²) >= 11 is 0. The summed E-state index contributed by atoms with van der Waals surface area (Å²) in [5.41, 5.74) is 5.50. The van der Waals surface area contributed by atoms with E-state index >= 15 is 0 Å². The highest BCUT2D eigenvalue weighted by atomic mass is 16.5. The van der Waals surface area contributed by atoms with Gasteiger partial charge in [-0.15, -0.1) is 0 Å². The van der Waals surface area contributed by atoms with Crippen LogP contribution in [-0.2, 0) is 4.74 Å². The van der Waals surface area contributed by atoms with Crippen LogP contribution in [0.4, 0.5) is 4.79 Å². The van der Waals surface area contributed by atoms with Crippen LogP contribution in [0.15, 0.2) is 78.9 Å². The van der Waals surface area contributed by atoms with E-state index in [9.17, 15) is 9.90 Å². The number of benzene rings is 3. The molecule has 0 aliphatic heterocycles. The molecule has 0 spiro atoms. The fourth-order valence-corrected chi connectivity index (χ4v) is 3.84. The molecule has 0 bridgehead atoms. The summed E-state index contributed by atoms with van der Waals surface area (Å²) in [5.74, 6) is 0.0208. The monoisotopic (exact) mass is 373 g/mol. The Morgan fingerprint density at radius 3 is 2.07 bits per heavy atom. The lowest BCUT2D eigenvalue weighted by Gasteiger charge is -2.21. The molecular formula is C24H23NO3. The Hall–Kier alpha value is -3.11. The first kappa shape index (κ1) is 18.3. The average Bonchev–Trinajstić information content (AvgIpc) is 3.06. The zero-order chi connectivity index (χ0) is 19.5. The van der Waals surface area contributed by atoms with Crippen LogP contribution in [0, 0.1) is 0 Å². The molecule has 0 radical (unpaired) electrons. The van der Waals surface area contributed by atoms with Crippen molar-refractivity contribution in [3.63, 3.8) is 0 Å². The Bertz CT molecular complexity index is 925. The highest BCUT2D eigenvalue weighted by molar-refractivity contribution is 5.79. The largest absolute Gasteiger partial charge is 0.449 e. The zero-order valence-electron chi connectivity index (χ0n) is 15.7. The van der Waals surface area contributed by atoms with Gasteiger partial charge in [0.15, 0.2) is 0 Å². The molecule has 1 aliphatic rings. The SMILES string of the molecule is C[C@H](NC(=O)OCC1c2ccccc2-c2ccccc21)[C@H](O)c1ccccc1. The number of amides is 1. The lowest BCUT2D eigenvalue weighted by atomic mass is 9.98. The number of fused-ring (bicyclic) bond motifs is 3. The van der Waals surface area contributed by atoms with Crippen molar-refractivity contribution < 1.29 is 14.6 Å². The summed E-state index contributed by atoms with van der Waals surface area (Å²) in [6.45, 7) is 2.02. The number of ether oxygens (including phenoxy) is 1. The minimum atomic E-state index is -0.790. The highest BCUT2D eigenvalue weighted by Crippen LogP contribution is 2.44. The normalized spacial score (nSPS) is 14.6. The lowest BCUT2D eigenvalue weighted by Crippen LogP contribution is -2.37. The summed E-state index contributed by atoms with van der Waals surface area (Å²) in [6.07, 6.45) is -1.31. The number of carbonyl (C=O) groups is 1. The van der Waals surface area contributed by atoms with Crippen LogP contribution in [0.3, 0.4) is 0 Å². The van der Waals surface area contributed by atoms with Crippen molar-refractivity contribution in [1.82, 2.24) is 5.32 Å². The zero-order valence-corrected chi connectivity index (χ0v) is 15.7. The van der Waals surface area contributed by atoms with E-state index in [0.29, 0.717) is 0 Å². The Morgan fingerprint density at radius 1 is 0.929 bits per heavy atom. The van der Waals surface area contributed by atoms with E-state index in [-0.39, 0.29) is 12.5 Å². The number of carbonyl (C=O) groups excluding carboxylic acids is 1. The van der Waals surface area contributed by atoms with Crippen LogP contribution in [0.2, 0.25) is 0 Å². The van der Waals surface area contributed by atoms with Crippen molar-refractivity contribution in [2.24, 2.45) is 0 Å². The van der Waals surface area contributed by atoms with Gasteiger partial charge in [-0.2, -0.15) is 0 Å². The van der Waals surface area contributed by atoms with Crippen molar-refractivity contribution in [2.45, 2.75) is 25.0 Å². The maximum Gasteiger partial charge on any atom is 0.407 e. The van der Waals surface area contributed by atoms with Gasteiger partial charge in [-0.25, -0.2) is 4.79 Å². The van der Waals surface area contributed by atoms with Gasteiger partial charge in [0.25, 0.3) is 0 Å². The van der Waals surface area contributed by atoms with Gasteiger partial charge in [0, 0.05) is 5.92 Å². The molecule has 1 aliphatic carbocycles. The molecular weight excluding hydrogens is 350 g/mol. The van der Waals surface area contributed by atoms with Gasteiger partial charge in [0.1, 0.15) is 6.61 Å². The van der Waals surface area contributed by atoms with Crippen LogP contribution in [0.5, 0.6) is 0 Å². The van der Waals surface area contributed by atoms with E-state index in [1.165, 1.54) is 22.3 Å². The van der Waals surface area contributed by atoms with E-state index in [4.69, 9.17) is 4.74 Å². The second kappa shape index (κ2) is 7.87. The van der Waals surface area contributed by atoms with Crippen LogP contribution < -0.4 is 5.32 Å². The Labute approximate surface area is 164 Å². The molecule has 1 amide bonds. The molecule has 0 fully saturated rings. The third-order valence-electron chi connectivity index (χ3n) is 5.30. The second-order valence-electron chi connectivity index (χ2n) is 7.11. The molecule has 4 heteroatoms. The third-order valence-corrected chi connectivity index (χ3v) is 5.30. The van der Waals surface area contributed by atoms with Crippen molar-refractivity contribution in [3.05, 3.63) is 95.6 Å².